The van der Waals surface area contributed by atoms with Gasteiger partial charge in [-0.05, 0) is 57.6 Å². The van der Waals surface area contributed by atoms with Gasteiger partial charge in [-0.15, -0.1) is 0 Å². The normalized spacial score (nSPS) is 21.2. The molecule has 1 unspecified atom stereocenters. The first-order valence-corrected chi connectivity index (χ1v) is 9.45. The SMILES string of the molecule is Cc1cccc(N2CCC(NC(=O)N3CCC(C(C)O)CC3)CC2)n1. The van der Waals surface area contributed by atoms with E-state index < -0.39 is 0 Å². The second kappa shape index (κ2) is 8.04. The Morgan fingerprint density at radius 3 is 2.48 bits per heavy atom. The van der Waals surface area contributed by atoms with Gasteiger partial charge in [-0.2, -0.15) is 0 Å². The van der Waals surface area contributed by atoms with Gasteiger partial charge in [-0.1, -0.05) is 6.07 Å². The molecule has 3 heterocycles. The molecule has 0 aliphatic carbocycles. The van der Waals surface area contributed by atoms with E-state index in [1.54, 1.807) is 0 Å². The van der Waals surface area contributed by atoms with Crippen LogP contribution in [0.4, 0.5) is 10.6 Å². The van der Waals surface area contributed by atoms with Crippen LogP contribution in [0.2, 0.25) is 0 Å². The zero-order valence-electron chi connectivity index (χ0n) is 15.3. The molecule has 1 aromatic heterocycles. The molecular formula is C19H30N4O2. The van der Waals surface area contributed by atoms with E-state index in [-0.39, 0.29) is 18.2 Å². The summed E-state index contributed by atoms with van der Waals surface area (Å²) in [5.74, 6) is 1.36. The van der Waals surface area contributed by atoms with Crippen molar-refractivity contribution in [1.29, 1.82) is 0 Å². The van der Waals surface area contributed by atoms with Crippen LogP contribution >= 0.6 is 0 Å². The molecule has 2 fully saturated rings. The van der Waals surface area contributed by atoms with Crippen molar-refractivity contribution in [3.8, 4) is 0 Å². The molecule has 138 valence electrons. The molecule has 3 rings (SSSR count). The summed E-state index contributed by atoms with van der Waals surface area (Å²) in [6.45, 7) is 7.19. The quantitative estimate of drug-likeness (QED) is 0.880. The van der Waals surface area contributed by atoms with E-state index in [2.05, 4.69) is 21.3 Å². The van der Waals surface area contributed by atoms with Crippen LogP contribution in [0.15, 0.2) is 18.2 Å². The maximum Gasteiger partial charge on any atom is 0.317 e. The van der Waals surface area contributed by atoms with Crippen molar-refractivity contribution in [3.05, 3.63) is 23.9 Å². The van der Waals surface area contributed by atoms with E-state index in [9.17, 15) is 9.90 Å². The van der Waals surface area contributed by atoms with Crippen LogP contribution in [0.3, 0.4) is 0 Å². The molecular weight excluding hydrogens is 316 g/mol. The highest BCUT2D eigenvalue weighted by molar-refractivity contribution is 5.74. The highest BCUT2D eigenvalue weighted by Crippen LogP contribution is 2.21. The number of carbonyl (C=O) groups is 1. The fourth-order valence-electron chi connectivity index (χ4n) is 3.81. The number of aromatic nitrogens is 1. The summed E-state index contributed by atoms with van der Waals surface area (Å²) < 4.78 is 0. The summed E-state index contributed by atoms with van der Waals surface area (Å²) in [4.78, 5) is 21.2. The van der Waals surface area contributed by atoms with E-state index in [0.717, 1.165) is 63.4 Å². The van der Waals surface area contributed by atoms with Crippen molar-refractivity contribution in [2.24, 2.45) is 5.92 Å². The first-order chi connectivity index (χ1) is 12.0. The van der Waals surface area contributed by atoms with Crippen molar-refractivity contribution < 1.29 is 9.90 Å². The molecule has 0 saturated carbocycles. The number of aryl methyl sites for hydroxylation is 1. The standard InChI is InChI=1S/C19H30N4O2/c1-14-4-3-5-18(20-14)22-12-8-17(9-13-22)21-19(25)23-10-6-16(7-11-23)15(2)24/h3-5,15-17,24H,6-13H2,1-2H3,(H,21,25). The monoisotopic (exact) mass is 346 g/mol. The Kier molecular flexibility index (Phi) is 5.78. The van der Waals surface area contributed by atoms with Crippen LogP contribution in [-0.4, -0.2) is 59.3 Å². The van der Waals surface area contributed by atoms with Crippen molar-refractivity contribution in [2.45, 2.75) is 51.7 Å². The molecule has 2 amide bonds. The average molecular weight is 346 g/mol. The number of hydrogen-bond acceptors (Lipinski definition) is 4. The number of hydrogen-bond donors (Lipinski definition) is 2. The van der Waals surface area contributed by atoms with Crippen molar-refractivity contribution >= 4 is 11.8 Å². The van der Waals surface area contributed by atoms with Gasteiger partial charge in [0.05, 0.1) is 6.10 Å². The Hall–Kier alpha value is -1.82. The predicted octanol–water partition coefficient (Wildman–Crippen LogP) is 2.16. The minimum atomic E-state index is -0.273. The number of nitrogens with zero attached hydrogens (tertiary/aromatic N) is 3. The molecule has 2 aliphatic rings. The molecule has 0 spiro atoms. The van der Waals surface area contributed by atoms with Crippen molar-refractivity contribution in [3.63, 3.8) is 0 Å². The van der Waals surface area contributed by atoms with E-state index in [1.807, 2.05) is 30.9 Å². The Bertz CT molecular complexity index is 577. The van der Waals surface area contributed by atoms with E-state index in [4.69, 9.17) is 0 Å². The largest absolute Gasteiger partial charge is 0.393 e. The molecule has 0 aromatic carbocycles. The van der Waals surface area contributed by atoms with Gasteiger partial charge >= 0.3 is 6.03 Å². The molecule has 6 nitrogen and oxygen atoms in total. The molecule has 1 aromatic rings. The van der Waals surface area contributed by atoms with Crippen LogP contribution in [0.25, 0.3) is 0 Å². The summed E-state index contributed by atoms with van der Waals surface area (Å²) in [5, 5.41) is 12.9. The Morgan fingerprint density at radius 1 is 1.20 bits per heavy atom. The molecule has 25 heavy (non-hydrogen) atoms. The third-order valence-corrected chi connectivity index (χ3v) is 5.53. The number of rotatable bonds is 3. The Labute approximate surface area is 150 Å². The van der Waals surface area contributed by atoms with Crippen molar-refractivity contribution in [1.82, 2.24) is 15.2 Å². The summed E-state index contributed by atoms with van der Waals surface area (Å²) >= 11 is 0. The summed E-state index contributed by atoms with van der Waals surface area (Å²) in [6, 6.07) is 6.40. The first kappa shape index (κ1) is 18.0. The van der Waals surface area contributed by atoms with E-state index in [0.29, 0.717) is 5.92 Å². The lowest BCUT2D eigenvalue weighted by Gasteiger charge is -2.36. The average Bonchev–Trinajstić information content (AvgIpc) is 2.62. The highest BCUT2D eigenvalue weighted by atomic mass is 16.3. The van der Waals surface area contributed by atoms with Gasteiger partial charge in [-0.25, -0.2) is 9.78 Å². The van der Waals surface area contributed by atoms with Crippen LogP contribution in [-0.2, 0) is 0 Å². The van der Waals surface area contributed by atoms with Crippen LogP contribution in [0, 0.1) is 12.8 Å². The third-order valence-electron chi connectivity index (χ3n) is 5.53. The van der Waals surface area contributed by atoms with Gasteiger partial charge in [0.2, 0.25) is 0 Å². The first-order valence-electron chi connectivity index (χ1n) is 9.45. The Morgan fingerprint density at radius 2 is 1.88 bits per heavy atom. The topological polar surface area (TPSA) is 68.7 Å². The van der Waals surface area contributed by atoms with Crippen LogP contribution < -0.4 is 10.2 Å². The van der Waals surface area contributed by atoms with Gasteiger partial charge in [0.25, 0.3) is 0 Å². The third kappa shape index (κ3) is 4.63. The molecule has 0 radical (unpaired) electrons. The van der Waals surface area contributed by atoms with E-state index >= 15 is 0 Å². The summed E-state index contributed by atoms with van der Waals surface area (Å²) in [6.07, 6.45) is 3.41. The predicted molar refractivity (Wildman–Crippen MR) is 98.7 cm³/mol. The van der Waals surface area contributed by atoms with Gasteiger partial charge < -0.3 is 20.2 Å². The number of piperidine rings is 2. The van der Waals surface area contributed by atoms with Crippen molar-refractivity contribution in [2.75, 3.05) is 31.1 Å². The maximum atomic E-state index is 12.5. The molecule has 2 saturated heterocycles. The van der Waals surface area contributed by atoms with E-state index in [1.165, 1.54) is 0 Å². The summed E-state index contributed by atoms with van der Waals surface area (Å²) in [5.41, 5.74) is 1.04. The molecule has 1 atom stereocenters. The molecule has 0 bridgehead atoms. The smallest absolute Gasteiger partial charge is 0.317 e. The number of likely N-dealkylation sites (tertiary alicyclic amines) is 1. The number of anilines is 1. The lowest BCUT2D eigenvalue weighted by Crippen LogP contribution is -2.51. The number of pyridine rings is 1. The fraction of sp³-hybridized carbons (Fsp3) is 0.684. The number of urea groups is 1. The van der Waals surface area contributed by atoms with Gasteiger partial charge in [-0.3, -0.25) is 0 Å². The zero-order chi connectivity index (χ0) is 17.8. The highest BCUT2D eigenvalue weighted by Gasteiger charge is 2.27. The molecule has 6 heteroatoms. The Balaban J connectivity index is 1.44. The minimum Gasteiger partial charge on any atom is -0.393 e. The number of carbonyl (C=O) groups excluding carboxylic acids is 1. The van der Waals surface area contributed by atoms with Crippen LogP contribution in [0.5, 0.6) is 0 Å². The fourth-order valence-corrected chi connectivity index (χ4v) is 3.81. The summed E-state index contributed by atoms with van der Waals surface area (Å²) in [7, 11) is 0. The number of aliphatic hydroxyl groups is 1. The number of aliphatic hydroxyl groups excluding tert-OH is 1. The lowest BCUT2D eigenvalue weighted by molar-refractivity contribution is 0.0791. The maximum absolute atomic E-state index is 12.5. The second-order valence-electron chi connectivity index (χ2n) is 7.41. The molecule has 2 aliphatic heterocycles. The molecule has 2 N–H and O–H groups in total. The van der Waals surface area contributed by atoms with Gasteiger partial charge in [0.15, 0.2) is 0 Å². The lowest BCUT2D eigenvalue weighted by atomic mass is 9.92. The van der Waals surface area contributed by atoms with Crippen LogP contribution in [0.1, 0.15) is 38.3 Å². The number of amides is 2. The second-order valence-corrected chi connectivity index (χ2v) is 7.41. The van der Waals surface area contributed by atoms with Gasteiger partial charge in [0.1, 0.15) is 5.82 Å². The minimum absolute atomic E-state index is 0.0520. The van der Waals surface area contributed by atoms with Gasteiger partial charge in [0, 0.05) is 37.9 Å². The number of nitrogens with one attached hydrogen (secondary N) is 1. The zero-order valence-corrected chi connectivity index (χ0v) is 15.3.